The highest BCUT2D eigenvalue weighted by molar-refractivity contribution is 9.09. The molecule has 0 spiro atoms. The number of ketones is 1. The molecule has 0 saturated heterocycles. The highest BCUT2D eigenvalue weighted by Gasteiger charge is 2.04. The largest absolute Gasteiger partial charge is 0.494 e. The van der Waals surface area contributed by atoms with Crippen LogP contribution in [-0.4, -0.2) is 17.7 Å². The van der Waals surface area contributed by atoms with Crippen LogP contribution in [0.4, 0.5) is 0 Å². The minimum Gasteiger partial charge on any atom is -0.494 e. The van der Waals surface area contributed by atoms with Gasteiger partial charge in [0.2, 0.25) is 0 Å². The summed E-state index contributed by atoms with van der Waals surface area (Å²) in [5, 5.41) is 0.871. The Morgan fingerprint density at radius 1 is 1.31 bits per heavy atom. The van der Waals surface area contributed by atoms with Gasteiger partial charge in [0.1, 0.15) is 5.75 Å². The monoisotopic (exact) mass is 284 g/mol. The highest BCUT2D eigenvalue weighted by Crippen LogP contribution is 2.14. The summed E-state index contributed by atoms with van der Waals surface area (Å²) in [6.45, 7) is 2.79. The summed E-state index contributed by atoms with van der Waals surface area (Å²) < 4.78 is 5.45. The Balaban J connectivity index is 2.53. The Morgan fingerprint density at radius 2 is 2.00 bits per heavy atom. The first kappa shape index (κ1) is 13.2. The predicted octanol–water partition coefficient (Wildman–Crippen LogP) is 3.83. The number of carbonyl (C=O) groups is 1. The zero-order valence-corrected chi connectivity index (χ0v) is 11.1. The zero-order chi connectivity index (χ0) is 11.8. The molecule has 88 valence electrons. The maximum Gasteiger partial charge on any atom is 0.162 e. The lowest BCUT2D eigenvalue weighted by Gasteiger charge is -2.05. The Labute approximate surface area is 105 Å². The Kier molecular flexibility index (Phi) is 6.16. The average molecular weight is 285 g/mol. The lowest BCUT2D eigenvalue weighted by atomic mass is 10.1. The van der Waals surface area contributed by atoms with Crippen molar-refractivity contribution >= 4 is 21.7 Å². The number of hydrogen-bond acceptors (Lipinski definition) is 2. The second-order valence-electron chi connectivity index (χ2n) is 3.59. The molecule has 0 heterocycles. The van der Waals surface area contributed by atoms with Crippen molar-refractivity contribution in [1.82, 2.24) is 0 Å². The molecule has 0 radical (unpaired) electrons. The second kappa shape index (κ2) is 7.44. The lowest BCUT2D eigenvalue weighted by Crippen LogP contribution is -2.00. The molecular formula is C13H17BrO2. The molecule has 0 aliphatic carbocycles. The first-order valence-electron chi connectivity index (χ1n) is 5.60. The number of halogens is 1. The van der Waals surface area contributed by atoms with Crippen LogP contribution < -0.4 is 4.74 Å². The summed E-state index contributed by atoms with van der Waals surface area (Å²) in [5.74, 6) is 1.03. The van der Waals surface area contributed by atoms with Crippen LogP contribution >= 0.6 is 15.9 Å². The van der Waals surface area contributed by atoms with Crippen molar-refractivity contribution < 1.29 is 9.53 Å². The molecule has 0 saturated carbocycles. The predicted molar refractivity (Wildman–Crippen MR) is 69.6 cm³/mol. The number of Topliss-reactive ketones (excluding diaryl/α,β-unsaturated/α-hetero) is 1. The molecular weight excluding hydrogens is 268 g/mol. The minimum absolute atomic E-state index is 0.196. The molecule has 1 aromatic rings. The quantitative estimate of drug-likeness (QED) is 0.562. The molecule has 16 heavy (non-hydrogen) atoms. The Hall–Kier alpha value is -0.830. The number of carbonyl (C=O) groups excluding carboxylic acids is 1. The van der Waals surface area contributed by atoms with E-state index in [4.69, 9.17) is 4.74 Å². The molecule has 1 aromatic carbocycles. The van der Waals surface area contributed by atoms with Gasteiger partial charge in [0.05, 0.1) is 6.61 Å². The molecule has 0 aliphatic rings. The van der Waals surface area contributed by atoms with Crippen LogP contribution in [0.1, 0.15) is 36.5 Å². The summed E-state index contributed by atoms with van der Waals surface area (Å²) in [6.07, 6.45) is 2.47. The van der Waals surface area contributed by atoms with E-state index in [1.165, 1.54) is 0 Å². The normalized spacial score (nSPS) is 10.1. The van der Waals surface area contributed by atoms with Gasteiger partial charge in [0.25, 0.3) is 0 Å². The van der Waals surface area contributed by atoms with Crippen LogP contribution in [0.15, 0.2) is 24.3 Å². The summed E-state index contributed by atoms with van der Waals surface area (Å²) in [7, 11) is 0. The number of alkyl halides is 1. The van der Waals surface area contributed by atoms with E-state index >= 15 is 0 Å². The van der Waals surface area contributed by atoms with Crippen molar-refractivity contribution in [1.29, 1.82) is 0 Å². The van der Waals surface area contributed by atoms with Crippen molar-refractivity contribution in [2.45, 2.75) is 26.2 Å². The standard InChI is InChI=1S/C13H17BrO2/c1-2-10-16-12-7-5-11(6-8-12)13(15)4-3-9-14/h5-8H,2-4,9-10H2,1H3. The van der Waals surface area contributed by atoms with E-state index in [9.17, 15) is 4.79 Å². The van der Waals surface area contributed by atoms with Gasteiger partial charge in [0.15, 0.2) is 5.78 Å². The molecule has 0 aromatic heterocycles. The van der Waals surface area contributed by atoms with E-state index in [0.717, 1.165) is 36.1 Å². The van der Waals surface area contributed by atoms with Crippen molar-refractivity contribution in [3.8, 4) is 5.75 Å². The first-order valence-corrected chi connectivity index (χ1v) is 6.72. The molecule has 0 atom stereocenters. The van der Waals surface area contributed by atoms with Gasteiger partial charge in [-0.15, -0.1) is 0 Å². The number of benzene rings is 1. The highest BCUT2D eigenvalue weighted by atomic mass is 79.9. The fourth-order valence-corrected chi connectivity index (χ4v) is 1.61. The zero-order valence-electron chi connectivity index (χ0n) is 9.54. The Bertz CT molecular complexity index is 319. The molecule has 3 heteroatoms. The topological polar surface area (TPSA) is 26.3 Å². The summed E-state index contributed by atoms with van der Waals surface area (Å²) in [6, 6.07) is 7.39. The van der Waals surface area contributed by atoms with Crippen LogP contribution in [0.3, 0.4) is 0 Å². The number of ether oxygens (including phenoxy) is 1. The van der Waals surface area contributed by atoms with Crippen molar-refractivity contribution in [2.75, 3.05) is 11.9 Å². The summed E-state index contributed by atoms with van der Waals surface area (Å²) in [5.41, 5.74) is 0.768. The van der Waals surface area contributed by atoms with Crippen LogP contribution in [0.25, 0.3) is 0 Å². The SMILES string of the molecule is CCCOc1ccc(C(=O)CCCBr)cc1. The summed E-state index contributed by atoms with van der Waals surface area (Å²) >= 11 is 3.32. The smallest absolute Gasteiger partial charge is 0.162 e. The number of rotatable bonds is 7. The van der Waals surface area contributed by atoms with E-state index in [2.05, 4.69) is 22.9 Å². The fourth-order valence-electron chi connectivity index (χ4n) is 1.33. The third-order valence-corrected chi connectivity index (χ3v) is 2.75. The van der Waals surface area contributed by atoms with Crippen molar-refractivity contribution in [3.05, 3.63) is 29.8 Å². The fraction of sp³-hybridized carbons (Fsp3) is 0.462. The van der Waals surface area contributed by atoms with Gasteiger partial charge in [-0.1, -0.05) is 22.9 Å². The number of hydrogen-bond donors (Lipinski definition) is 0. The van der Waals surface area contributed by atoms with Crippen LogP contribution in [0.2, 0.25) is 0 Å². The molecule has 0 amide bonds. The van der Waals surface area contributed by atoms with Crippen LogP contribution in [0, 0.1) is 0 Å². The van der Waals surface area contributed by atoms with Gasteiger partial charge in [-0.05, 0) is 37.1 Å². The maximum atomic E-state index is 11.7. The third kappa shape index (κ3) is 4.35. The first-order chi connectivity index (χ1) is 7.77. The maximum absolute atomic E-state index is 11.7. The van der Waals surface area contributed by atoms with E-state index in [1.807, 2.05) is 24.3 Å². The molecule has 0 unspecified atom stereocenters. The van der Waals surface area contributed by atoms with Gasteiger partial charge in [-0.2, -0.15) is 0 Å². The summed E-state index contributed by atoms with van der Waals surface area (Å²) in [4.78, 5) is 11.7. The molecule has 0 fully saturated rings. The molecule has 0 bridgehead atoms. The van der Waals surface area contributed by atoms with Crippen LogP contribution in [0.5, 0.6) is 5.75 Å². The average Bonchev–Trinajstić information content (AvgIpc) is 2.34. The van der Waals surface area contributed by atoms with E-state index in [1.54, 1.807) is 0 Å². The van der Waals surface area contributed by atoms with E-state index in [-0.39, 0.29) is 5.78 Å². The van der Waals surface area contributed by atoms with Crippen molar-refractivity contribution in [2.24, 2.45) is 0 Å². The van der Waals surface area contributed by atoms with Gasteiger partial charge in [-0.3, -0.25) is 4.79 Å². The van der Waals surface area contributed by atoms with Gasteiger partial charge >= 0.3 is 0 Å². The second-order valence-corrected chi connectivity index (χ2v) is 4.38. The Morgan fingerprint density at radius 3 is 2.56 bits per heavy atom. The van der Waals surface area contributed by atoms with Crippen molar-refractivity contribution in [3.63, 3.8) is 0 Å². The molecule has 2 nitrogen and oxygen atoms in total. The van der Waals surface area contributed by atoms with Gasteiger partial charge in [0, 0.05) is 17.3 Å². The molecule has 1 rings (SSSR count). The minimum atomic E-state index is 0.196. The lowest BCUT2D eigenvalue weighted by molar-refractivity contribution is 0.0982. The van der Waals surface area contributed by atoms with Gasteiger partial charge < -0.3 is 4.74 Å². The molecule has 0 N–H and O–H groups in total. The van der Waals surface area contributed by atoms with E-state index in [0.29, 0.717) is 6.42 Å². The third-order valence-electron chi connectivity index (χ3n) is 2.19. The van der Waals surface area contributed by atoms with E-state index < -0.39 is 0 Å². The molecule has 0 aliphatic heterocycles. The van der Waals surface area contributed by atoms with Crippen LogP contribution in [-0.2, 0) is 0 Å². The van der Waals surface area contributed by atoms with Gasteiger partial charge in [-0.25, -0.2) is 0 Å².